The van der Waals surface area contributed by atoms with Crippen LogP contribution in [0, 0.1) is 0 Å². The smallest absolute Gasteiger partial charge is 0.146 e. The number of rotatable bonds is 7. The van der Waals surface area contributed by atoms with Crippen molar-refractivity contribution in [2.75, 3.05) is 19.0 Å². The van der Waals surface area contributed by atoms with Gasteiger partial charge in [-0.05, 0) is 22.8 Å². The third-order valence-corrected chi connectivity index (χ3v) is 5.42. The predicted octanol–water partition coefficient (Wildman–Crippen LogP) is 6.26. The van der Waals surface area contributed by atoms with Gasteiger partial charge in [0.2, 0.25) is 0 Å². The summed E-state index contributed by atoms with van der Waals surface area (Å²) in [7, 11) is 4.16. The van der Waals surface area contributed by atoms with Crippen LogP contribution in [0.1, 0.15) is 22.3 Å². The van der Waals surface area contributed by atoms with Crippen molar-refractivity contribution in [3.05, 3.63) is 138 Å². The Morgan fingerprint density at radius 3 is 1.60 bits per heavy atom. The van der Waals surface area contributed by atoms with Crippen LogP contribution >= 0.6 is 0 Å². The first kappa shape index (κ1) is 19.9. The normalized spacial score (nSPS) is 11.3. The van der Waals surface area contributed by atoms with E-state index in [4.69, 9.17) is 4.74 Å². The van der Waals surface area contributed by atoms with Gasteiger partial charge in [-0.3, -0.25) is 0 Å². The Hall–Kier alpha value is -3.36. The molecule has 30 heavy (non-hydrogen) atoms. The Bertz CT molecular complexity index is 1020. The first-order valence-corrected chi connectivity index (χ1v) is 10.3. The highest BCUT2D eigenvalue weighted by atomic mass is 16.5. The Labute approximate surface area is 179 Å². The van der Waals surface area contributed by atoms with Crippen molar-refractivity contribution in [1.29, 1.82) is 0 Å². The summed E-state index contributed by atoms with van der Waals surface area (Å²) < 4.78 is 6.94. The summed E-state index contributed by atoms with van der Waals surface area (Å²) in [5.74, 6) is 0. The minimum absolute atomic E-state index is 0.506. The Balaban J connectivity index is 1.97. The number of ether oxygens (including phenoxy) is 1. The van der Waals surface area contributed by atoms with Gasteiger partial charge in [0, 0.05) is 25.3 Å². The van der Waals surface area contributed by atoms with Crippen LogP contribution in [0.15, 0.2) is 115 Å². The van der Waals surface area contributed by atoms with Crippen molar-refractivity contribution < 1.29 is 4.74 Å². The van der Waals surface area contributed by atoms with Gasteiger partial charge in [0.15, 0.2) is 0 Å². The summed E-state index contributed by atoms with van der Waals surface area (Å²) in [6.45, 7) is 0.506. The predicted molar refractivity (Wildman–Crippen MR) is 125 cm³/mol. The second-order valence-electron chi connectivity index (χ2n) is 7.60. The van der Waals surface area contributed by atoms with E-state index in [1.54, 1.807) is 0 Å². The fraction of sp³-hybridized carbons (Fsp3) is 0.143. The fourth-order valence-electron chi connectivity index (χ4n) is 3.99. The van der Waals surface area contributed by atoms with Crippen molar-refractivity contribution in [1.82, 2.24) is 0 Å². The molecular formula is C28H27NO. The van der Waals surface area contributed by atoms with Crippen LogP contribution in [0.4, 0.5) is 5.69 Å². The minimum atomic E-state index is -0.737. The van der Waals surface area contributed by atoms with Crippen LogP contribution in [0.3, 0.4) is 0 Å². The molecular weight excluding hydrogens is 366 g/mol. The molecule has 0 aliphatic heterocycles. The van der Waals surface area contributed by atoms with E-state index in [-0.39, 0.29) is 0 Å². The van der Waals surface area contributed by atoms with Crippen molar-refractivity contribution in [3.63, 3.8) is 0 Å². The molecule has 4 rings (SSSR count). The SMILES string of the molecule is CN(C)c1ccccc1C(OCc1ccccc1)(c1ccccc1)c1ccccc1. The van der Waals surface area contributed by atoms with Crippen LogP contribution < -0.4 is 4.90 Å². The quantitative estimate of drug-likeness (QED) is 0.344. The number of hydrogen-bond donors (Lipinski definition) is 0. The van der Waals surface area contributed by atoms with Crippen molar-refractivity contribution >= 4 is 5.69 Å². The molecule has 4 aromatic rings. The first-order valence-electron chi connectivity index (χ1n) is 10.3. The highest BCUT2D eigenvalue weighted by molar-refractivity contribution is 5.62. The molecule has 150 valence electrons. The molecule has 0 amide bonds. The zero-order valence-corrected chi connectivity index (χ0v) is 17.5. The third kappa shape index (κ3) is 3.87. The summed E-state index contributed by atoms with van der Waals surface area (Å²) >= 11 is 0. The number of benzene rings is 4. The maximum atomic E-state index is 6.94. The maximum Gasteiger partial charge on any atom is 0.146 e. The molecule has 0 saturated carbocycles. The zero-order valence-electron chi connectivity index (χ0n) is 17.5. The van der Waals surface area contributed by atoms with Gasteiger partial charge < -0.3 is 9.64 Å². The van der Waals surface area contributed by atoms with Gasteiger partial charge in [0.1, 0.15) is 5.60 Å². The molecule has 0 spiro atoms. The van der Waals surface area contributed by atoms with Crippen LogP contribution in [0.5, 0.6) is 0 Å². The standard InChI is InChI=1S/C28H27NO/c1-29(2)27-21-13-12-20-26(27)28(24-16-8-4-9-17-24,25-18-10-5-11-19-25)30-22-23-14-6-3-7-15-23/h3-21H,22H2,1-2H3. The molecule has 2 heteroatoms. The Morgan fingerprint density at radius 1 is 0.600 bits per heavy atom. The number of para-hydroxylation sites is 1. The van der Waals surface area contributed by atoms with Crippen LogP contribution in [-0.2, 0) is 16.9 Å². The maximum absolute atomic E-state index is 6.94. The average Bonchev–Trinajstić information content (AvgIpc) is 2.82. The molecule has 0 N–H and O–H groups in total. The largest absolute Gasteiger partial charge is 0.377 e. The van der Waals surface area contributed by atoms with E-state index in [0.29, 0.717) is 6.61 Å². The number of anilines is 1. The monoisotopic (exact) mass is 393 g/mol. The molecule has 0 aromatic heterocycles. The van der Waals surface area contributed by atoms with Gasteiger partial charge in [-0.1, -0.05) is 109 Å². The molecule has 0 aliphatic carbocycles. The lowest BCUT2D eigenvalue weighted by molar-refractivity contribution is 0.000596. The third-order valence-electron chi connectivity index (χ3n) is 5.42. The molecule has 0 bridgehead atoms. The number of hydrogen-bond acceptors (Lipinski definition) is 2. The molecule has 0 atom stereocenters. The minimum Gasteiger partial charge on any atom is -0.377 e. The van der Waals surface area contributed by atoms with E-state index in [9.17, 15) is 0 Å². The van der Waals surface area contributed by atoms with E-state index in [0.717, 1.165) is 27.9 Å². The second-order valence-corrected chi connectivity index (χ2v) is 7.60. The summed E-state index contributed by atoms with van der Waals surface area (Å²) in [6.07, 6.45) is 0. The highest BCUT2D eigenvalue weighted by Crippen LogP contribution is 2.44. The molecule has 0 unspecified atom stereocenters. The summed E-state index contributed by atoms with van der Waals surface area (Å²) in [5, 5.41) is 0. The lowest BCUT2D eigenvalue weighted by Gasteiger charge is -2.38. The molecule has 0 heterocycles. The lowest BCUT2D eigenvalue weighted by atomic mass is 9.79. The van der Waals surface area contributed by atoms with Crippen LogP contribution in [0.25, 0.3) is 0 Å². The van der Waals surface area contributed by atoms with E-state index >= 15 is 0 Å². The van der Waals surface area contributed by atoms with Gasteiger partial charge in [0.05, 0.1) is 6.61 Å². The van der Waals surface area contributed by atoms with Gasteiger partial charge in [-0.25, -0.2) is 0 Å². The van der Waals surface area contributed by atoms with Crippen LogP contribution in [-0.4, -0.2) is 14.1 Å². The molecule has 0 radical (unpaired) electrons. The fourth-order valence-corrected chi connectivity index (χ4v) is 3.99. The Morgan fingerprint density at radius 2 is 1.07 bits per heavy atom. The summed E-state index contributed by atoms with van der Waals surface area (Å²) in [5.41, 5.74) is 4.90. The first-order chi connectivity index (χ1) is 14.7. The number of nitrogens with zero attached hydrogens (tertiary/aromatic N) is 1. The second kappa shape index (κ2) is 8.98. The molecule has 2 nitrogen and oxygen atoms in total. The topological polar surface area (TPSA) is 12.5 Å². The van der Waals surface area contributed by atoms with Gasteiger partial charge in [0.25, 0.3) is 0 Å². The van der Waals surface area contributed by atoms with E-state index in [1.165, 1.54) is 0 Å². The van der Waals surface area contributed by atoms with Gasteiger partial charge in [-0.15, -0.1) is 0 Å². The molecule has 0 aliphatic rings. The van der Waals surface area contributed by atoms with E-state index < -0.39 is 5.60 Å². The van der Waals surface area contributed by atoms with Crippen LogP contribution in [0.2, 0.25) is 0 Å². The van der Waals surface area contributed by atoms with Crippen molar-refractivity contribution in [2.45, 2.75) is 12.2 Å². The lowest BCUT2D eigenvalue weighted by Crippen LogP contribution is -2.34. The van der Waals surface area contributed by atoms with Crippen molar-refractivity contribution in [2.24, 2.45) is 0 Å². The molecule has 4 aromatic carbocycles. The van der Waals surface area contributed by atoms with Gasteiger partial charge in [-0.2, -0.15) is 0 Å². The van der Waals surface area contributed by atoms with E-state index in [1.807, 2.05) is 18.2 Å². The summed E-state index contributed by atoms with van der Waals surface area (Å²) in [4.78, 5) is 2.15. The molecule has 0 fully saturated rings. The molecule has 0 saturated heterocycles. The highest BCUT2D eigenvalue weighted by Gasteiger charge is 2.39. The average molecular weight is 394 g/mol. The van der Waals surface area contributed by atoms with Crippen molar-refractivity contribution in [3.8, 4) is 0 Å². The van der Waals surface area contributed by atoms with Gasteiger partial charge >= 0.3 is 0 Å². The summed E-state index contributed by atoms with van der Waals surface area (Å²) in [6, 6.07) is 39.9. The Kier molecular flexibility index (Phi) is 5.97. The zero-order chi connectivity index (χ0) is 20.8. The van der Waals surface area contributed by atoms with E-state index in [2.05, 4.69) is 116 Å².